The van der Waals surface area contributed by atoms with Crippen LogP contribution in [0.3, 0.4) is 0 Å². The standard InChI is InChI=1S/C16H13N3/c1-19-15-9-5-4-8-13(15)18-16(19)14-10-11-6-2-3-7-12(11)17-14/h2-10,17H,1H3. The third kappa shape index (κ3) is 1.48. The topological polar surface area (TPSA) is 33.6 Å². The summed E-state index contributed by atoms with van der Waals surface area (Å²) in [5.41, 5.74) is 4.37. The normalized spacial score (nSPS) is 11.4. The van der Waals surface area contributed by atoms with E-state index in [0.717, 1.165) is 28.1 Å². The van der Waals surface area contributed by atoms with Crippen molar-refractivity contribution in [2.45, 2.75) is 0 Å². The first-order chi connectivity index (χ1) is 9.33. The molecular weight excluding hydrogens is 234 g/mol. The number of nitrogens with one attached hydrogen (secondary N) is 1. The van der Waals surface area contributed by atoms with E-state index in [9.17, 15) is 0 Å². The van der Waals surface area contributed by atoms with Gasteiger partial charge in [-0.2, -0.15) is 0 Å². The van der Waals surface area contributed by atoms with E-state index in [0.29, 0.717) is 0 Å². The van der Waals surface area contributed by atoms with E-state index < -0.39 is 0 Å². The highest BCUT2D eigenvalue weighted by Crippen LogP contribution is 2.26. The van der Waals surface area contributed by atoms with E-state index in [4.69, 9.17) is 4.98 Å². The lowest BCUT2D eigenvalue weighted by molar-refractivity contribution is 0.954. The molecule has 1 N–H and O–H groups in total. The molecule has 0 aliphatic carbocycles. The van der Waals surface area contributed by atoms with Gasteiger partial charge in [0, 0.05) is 18.0 Å². The summed E-state index contributed by atoms with van der Waals surface area (Å²) in [4.78, 5) is 8.14. The smallest absolute Gasteiger partial charge is 0.157 e. The van der Waals surface area contributed by atoms with Crippen LogP contribution in [-0.4, -0.2) is 14.5 Å². The number of hydrogen-bond donors (Lipinski definition) is 1. The zero-order valence-corrected chi connectivity index (χ0v) is 10.6. The van der Waals surface area contributed by atoms with E-state index in [-0.39, 0.29) is 0 Å². The van der Waals surface area contributed by atoms with Gasteiger partial charge in [0.2, 0.25) is 0 Å². The minimum Gasteiger partial charge on any atom is -0.352 e. The van der Waals surface area contributed by atoms with Crippen LogP contribution in [0.1, 0.15) is 0 Å². The molecule has 0 fully saturated rings. The Morgan fingerprint density at radius 1 is 1.00 bits per heavy atom. The molecule has 2 aromatic carbocycles. The first-order valence-electron chi connectivity index (χ1n) is 6.32. The van der Waals surface area contributed by atoms with Gasteiger partial charge in [0.05, 0.1) is 16.7 Å². The van der Waals surface area contributed by atoms with Crippen molar-refractivity contribution in [3.63, 3.8) is 0 Å². The molecule has 0 atom stereocenters. The number of rotatable bonds is 1. The van der Waals surface area contributed by atoms with Gasteiger partial charge in [0.1, 0.15) is 0 Å². The van der Waals surface area contributed by atoms with Crippen LogP contribution in [0.4, 0.5) is 0 Å². The fourth-order valence-corrected chi connectivity index (χ4v) is 2.58. The molecule has 4 rings (SSSR count). The van der Waals surface area contributed by atoms with Crippen LogP contribution >= 0.6 is 0 Å². The Hall–Kier alpha value is -2.55. The molecule has 0 saturated heterocycles. The number of aromatic nitrogens is 3. The Morgan fingerprint density at radius 3 is 2.63 bits per heavy atom. The lowest BCUT2D eigenvalue weighted by atomic mass is 10.2. The number of fused-ring (bicyclic) bond motifs is 2. The van der Waals surface area contributed by atoms with Gasteiger partial charge in [0.15, 0.2) is 5.82 Å². The van der Waals surface area contributed by atoms with Gasteiger partial charge in [-0.25, -0.2) is 4.98 Å². The first-order valence-corrected chi connectivity index (χ1v) is 6.32. The van der Waals surface area contributed by atoms with Crippen molar-refractivity contribution in [3.8, 4) is 11.5 Å². The van der Waals surface area contributed by atoms with Gasteiger partial charge in [-0.15, -0.1) is 0 Å². The Morgan fingerprint density at radius 2 is 1.79 bits per heavy atom. The van der Waals surface area contributed by atoms with Crippen molar-refractivity contribution >= 4 is 21.9 Å². The summed E-state index contributed by atoms with van der Waals surface area (Å²) >= 11 is 0. The second-order valence-corrected chi connectivity index (χ2v) is 4.75. The van der Waals surface area contributed by atoms with Crippen molar-refractivity contribution in [2.75, 3.05) is 0 Å². The Labute approximate surface area is 110 Å². The highest BCUT2D eigenvalue weighted by atomic mass is 15.1. The molecular formula is C16H13N3. The van der Waals surface area contributed by atoms with Crippen LogP contribution in [0, 0.1) is 0 Å². The summed E-state index contributed by atoms with van der Waals surface area (Å²) in [6.45, 7) is 0. The van der Waals surface area contributed by atoms with Crippen molar-refractivity contribution in [1.29, 1.82) is 0 Å². The van der Waals surface area contributed by atoms with Crippen molar-refractivity contribution in [3.05, 3.63) is 54.6 Å². The third-order valence-electron chi connectivity index (χ3n) is 3.56. The second kappa shape index (κ2) is 3.72. The van der Waals surface area contributed by atoms with Gasteiger partial charge in [-0.05, 0) is 24.3 Å². The maximum absolute atomic E-state index is 4.71. The molecule has 2 heterocycles. The van der Waals surface area contributed by atoms with Crippen LogP contribution < -0.4 is 0 Å². The van der Waals surface area contributed by atoms with Crippen LogP contribution in [0.25, 0.3) is 33.5 Å². The summed E-state index contributed by atoms with van der Waals surface area (Å²) < 4.78 is 2.13. The van der Waals surface area contributed by atoms with E-state index >= 15 is 0 Å². The molecule has 92 valence electrons. The average molecular weight is 247 g/mol. The molecule has 0 bridgehead atoms. The van der Waals surface area contributed by atoms with E-state index in [2.05, 4.69) is 46.9 Å². The minimum absolute atomic E-state index is 0.970. The van der Waals surface area contributed by atoms with E-state index in [1.165, 1.54) is 5.39 Å². The predicted octanol–water partition coefficient (Wildman–Crippen LogP) is 3.72. The highest BCUT2D eigenvalue weighted by molar-refractivity contribution is 5.87. The van der Waals surface area contributed by atoms with Crippen LogP contribution in [0.5, 0.6) is 0 Å². The summed E-state index contributed by atoms with van der Waals surface area (Å²) in [6, 6.07) is 18.6. The molecule has 0 unspecified atom stereocenters. The van der Waals surface area contributed by atoms with Crippen molar-refractivity contribution < 1.29 is 0 Å². The van der Waals surface area contributed by atoms with Gasteiger partial charge in [-0.1, -0.05) is 30.3 Å². The molecule has 0 aliphatic heterocycles. The molecule has 0 saturated carbocycles. The number of H-pyrrole nitrogens is 1. The summed E-state index contributed by atoms with van der Waals surface area (Å²) in [6.07, 6.45) is 0. The average Bonchev–Trinajstić information content (AvgIpc) is 3.00. The number of aromatic amines is 1. The number of para-hydroxylation sites is 3. The number of benzene rings is 2. The molecule has 0 spiro atoms. The fourth-order valence-electron chi connectivity index (χ4n) is 2.58. The van der Waals surface area contributed by atoms with E-state index in [1.807, 2.05) is 24.3 Å². The van der Waals surface area contributed by atoms with Crippen LogP contribution in [-0.2, 0) is 7.05 Å². The quantitative estimate of drug-likeness (QED) is 0.546. The summed E-state index contributed by atoms with van der Waals surface area (Å²) in [7, 11) is 2.05. The molecule has 0 amide bonds. The fraction of sp³-hybridized carbons (Fsp3) is 0.0625. The molecule has 3 heteroatoms. The lowest BCUT2D eigenvalue weighted by Crippen LogP contribution is -1.92. The van der Waals surface area contributed by atoms with Crippen LogP contribution in [0.2, 0.25) is 0 Å². The first kappa shape index (κ1) is 10.4. The van der Waals surface area contributed by atoms with E-state index in [1.54, 1.807) is 0 Å². The molecule has 19 heavy (non-hydrogen) atoms. The monoisotopic (exact) mass is 247 g/mol. The minimum atomic E-state index is 0.970. The van der Waals surface area contributed by atoms with Crippen molar-refractivity contribution in [2.24, 2.45) is 7.05 Å². The maximum atomic E-state index is 4.71. The van der Waals surface area contributed by atoms with Gasteiger partial charge in [0.25, 0.3) is 0 Å². The number of nitrogens with zero attached hydrogens (tertiary/aromatic N) is 2. The predicted molar refractivity (Wildman–Crippen MR) is 78.0 cm³/mol. The molecule has 2 aromatic heterocycles. The number of aryl methyl sites for hydroxylation is 1. The van der Waals surface area contributed by atoms with Gasteiger partial charge < -0.3 is 9.55 Å². The maximum Gasteiger partial charge on any atom is 0.157 e. The molecule has 3 nitrogen and oxygen atoms in total. The molecule has 0 aliphatic rings. The Balaban J connectivity index is 2.01. The molecule has 4 aromatic rings. The SMILES string of the molecule is Cn1c(-c2cc3ccccc3[nH]2)nc2ccccc21. The highest BCUT2D eigenvalue weighted by Gasteiger charge is 2.11. The lowest BCUT2D eigenvalue weighted by Gasteiger charge is -1.98. The zero-order valence-electron chi connectivity index (χ0n) is 10.6. The number of hydrogen-bond acceptors (Lipinski definition) is 1. The summed E-state index contributed by atoms with van der Waals surface area (Å²) in [5, 5.41) is 1.21. The zero-order chi connectivity index (χ0) is 12.8. The Kier molecular flexibility index (Phi) is 2.03. The van der Waals surface area contributed by atoms with Gasteiger partial charge in [-0.3, -0.25) is 0 Å². The third-order valence-corrected chi connectivity index (χ3v) is 3.56. The van der Waals surface area contributed by atoms with Crippen LogP contribution in [0.15, 0.2) is 54.6 Å². The largest absolute Gasteiger partial charge is 0.352 e. The number of imidazole rings is 1. The van der Waals surface area contributed by atoms with Crippen molar-refractivity contribution in [1.82, 2.24) is 14.5 Å². The molecule has 0 radical (unpaired) electrons. The van der Waals surface area contributed by atoms with Gasteiger partial charge >= 0.3 is 0 Å². The Bertz CT molecular complexity index is 850. The summed E-state index contributed by atoms with van der Waals surface area (Å²) in [5.74, 6) is 0.970. The second-order valence-electron chi connectivity index (χ2n) is 4.75.